The molecule has 1 rings (SSSR count). The van der Waals surface area contributed by atoms with E-state index in [4.69, 9.17) is 0 Å². The molecule has 0 amide bonds. The van der Waals surface area contributed by atoms with E-state index < -0.39 is 34.6 Å². The topological polar surface area (TPSA) is 0 Å². The molecular formula is C4H2F6S. The first-order valence-corrected chi connectivity index (χ1v) is 3.38. The van der Waals surface area contributed by atoms with Crippen LogP contribution in [-0.4, -0.2) is 22.9 Å². The number of hydrogen-bond acceptors (Lipinski definition) is 1. The van der Waals surface area contributed by atoms with Crippen molar-refractivity contribution in [1.29, 1.82) is 0 Å². The molecule has 0 bridgehead atoms. The van der Waals surface area contributed by atoms with Crippen LogP contribution in [0.1, 0.15) is 0 Å². The van der Waals surface area contributed by atoms with Crippen molar-refractivity contribution >= 4 is 11.8 Å². The SMILES string of the molecule is FC1SC(F)(F)C(F)(F)C1F. The van der Waals surface area contributed by atoms with Gasteiger partial charge in [-0.3, -0.25) is 0 Å². The number of thioether (sulfide) groups is 1. The van der Waals surface area contributed by atoms with E-state index >= 15 is 0 Å². The van der Waals surface area contributed by atoms with Gasteiger partial charge in [0.1, 0.15) is 0 Å². The van der Waals surface area contributed by atoms with Crippen molar-refractivity contribution in [2.75, 3.05) is 0 Å². The molecule has 7 heteroatoms. The van der Waals surface area contributed by atoms with E-state index in [0.29, 0.717) is 0 Å². The standard InChI is InChI=1S/C4H2F6S/c5-1-2(6)11-4(9,10)3(1,7)8/h1-2H. The van der Waals surface area contributed by atoms with Crippen molar-refractivity contribution in [1.82, 2.24) is 0 Å². The quantitative estimate of drug-likeness (QED) is 0.536. The molecule has 0 aromatic heterocycles. The van der Waals surface area contributed by atoms with Crippen molar-refractivity contribution in [2.45, 2.75) is 22.9 Å². The normalized spacial score (nSPS) is 40.9. The fourth-order valence-electron chi connectivity index (χ4n) is 0.605. The lowest BCUT2D eigenvalue weighted by atomic mass is 10.2. The van der Waals surface area contributed by atoms with E-state index in [1.54, 1.807) is 0 Å². The summed E-state index contributed by atoms with van der Waals surface area (Å²) < 4.78 is 71.8. The highest BCUT2D eigenvalue weighted by molar-refractivity contribution is 8.01. The fraction of sp³-hybridized carbons (Fsp3) is 1.00. The van der Waals surface area contributed by atoms with Gasteiger partial charge in [-0.25, -0.2) is 8.78 Å². The summed E-state index contributed by atoms with van der Waals surface area (Å²) in [4.78, 5) is 0. The first kappa shape index (κ1) is 9.02. The molecule has 0 radical (unpaired) electrons. The average molecular weight is 196 g/mol. The van der Waals surface area contributed by atoms with Crippen LogP contribution in [0.15, 0.2) is 0 Å². The van der Waals surface area contributed by atoms with E-state index in [0.717, 1.165) is 0 Å². The van der Waals surface area contributed by atoms with Gasteiger partial charge in [0.2, 0.25) is 6.17 Å². The fourth-order valence-corrected chi connectivity index (χ4v) is 1.45. The van der Waals surface area contributed by atoms with E-state index in [1.807, 2.05) is 0 Å². The number of hydrogen-bond donors (Lipinski definition) is 0. The van der Waals surface area contributed by atoms with Crippen LogP contribution in [0.5, 0.6) is 0 Å². The van der Waals surface area contributed by atoms with Gasteiger partial charge in [-0.1, -0.05) is 0 Å². The van der Waals surface area contributed by atoms with Crippen LogP contribution in [0, 0.1) is 0 Å². The highest BCUT2D eigenvalue weighted by Gasteiger charge is 2.72. The van der Waals surface area contributed by atoms with E-state index in [9.17, 15) is 26.3 Å². The Hall–Kier alpha value is -0.0700. The summed E-state index contributed by atoms with van der Waals surface area (Å²) in [6.07, 6.45) is -3.41. The van der Waals surface area contributed by atoms with Crippen molar-refractivity contribution in [3.05, 3.63) is 0 Å². The second-order valence-electron chi connectivity index (χ2n) is 2.01. The van der Waals surface area contributed by atoms with Gasteiger partial charge in [-0.15, -0.1) is 0 Å². The molecule has 66 valence electrons. The molecule has 1 fully saturated rings. The molecule has 1 saturated heterocycles. The molecule has 0 aromatic carbocycles. The van der Waals surface area contributed by atoms with Gasteiger partial charge >= 0.3 is 11.2 Å². The van der Waals surface area contributed by atoms with Gasteiger partial charge in [0.15, 0.2) is 5.50 Å². The zero-order chi connectivity index (χ0) is 8.86. The van der Waals surface area contributed by atoms with E-state index in [1.165, 1.54) is 0 Å². The van der Waals surface area contributed by atoms with Gasteiger partial charge < -0.3 is 0 Å². The van der Waals surface area contributed by atoms with Crippen LogP contribution < -0.4 is 0 Å². The minimum Gasteiger partial charge on any atom is -0.236 e. The minimum atomic E-state index is -4.89. The van der Waals surface area contributed by atoms with Crippen LogP contribution in [0.2, 0.25) is 0 Å². The van der Waals surface area contributed by atoms with E-state index in [2.05, 4.69) is 0 Å². The summed E-state index contributed by atoms with van der Waals surface area (Å²) in [5.41, 5.74) is -2.85. The van der Waals surface area contributed by atoms with Crippen LogP contribution in [0.3, 0.4) is 0 Å². The summed E-state index contributed by atoms with van der Waals surface area (Å²) in [6.45, 7) is 0. The molecule has 11 heavy (non-hydrogen) atoms. The lowest BCUT2D eigenvalue weighted by Crippen LogP contribution is -2.40. The third-order valence-corrected chi connectivity index (χ3v) is 2.26. The van der Waals surface area contributed by atoms with E-state index in [-0.39, 0.29) is 0 Å². The Morgan fingerprint density at radius 2 is 1.45 bits per heavy atom. The van der Waals surface area contributed by atoms with Crippen molar-refractivity contribution in [3.63, 3.8) is 0 Å². The molecule has 0 nitrogen and oxygen atoms in total. The predicted octanol–water partition coefficient (Wildman–Crippen LogP) is 2.59. The van der Waals surface area contributed by atoms with Gasteiger partial charge in [0, 0.05) is 0 Å². The Morgan fingerprint density at radius 1 is 1.00 bits per heavy atom. The summed E-state index contributed by atoms with van der Waals surface area (Å²) >= 11 is -0.987. The third-order valence-electron chi connectivity index (χ3n) is 1.23. The third kappa shape index (κ3) is 1.09. The minimum absolute atomic E-state index is 0.987. The zero-order valence-electron chi connectivity index (χ0n) is 4.83. The Morgan fingerprint density at radius 3 is 1.55 bits per heavy atom. The second-order valence-corrected chi connectivity index (χ2v) is 3.21. The Balaban J connectivity index is 2.92. The largest absolute Gasteiger partial charge is 0.362 e. The molecule has 0 spiro atoms. The highest BCUT2D eigenvalue weighted by atomic mass is 32.2. The monoisotopic (exact) mass is 196 g/mol. The van der Waals surface area contributed by atoms with Gasteiger partial charge in [0.05, 0.1) is 0 Å². The lowest BCUT2D eigenvalue weighted by molar-refractivity contribution is -0.181. The van der Waals surface area contributed by atoms with Crippen molar-refractivity contribution < 1.29 is 26.3 Å². The first-order valence-electron chi connectivity index (χ1n) is 2.50. The highest BCUT2D eigenvalue weighted by Crippen LogP contribution is 2.56. The first-order chi connectivity index (χ1) is 4.79. The lowest BCUT2D eigenvalue weighted by Gasteiger charge is -2.17. The zero-order valence-corrected chi connectivity index (χ0v) is 5.65. The molecule has 2 unspecified atom stereocenters. The molecular weight excluding hydrogens is 194 g/mol. The molecule has 1 heterocycles. The molecule has 1 aliphatic heterocycles. The summed E-state index contributed by atoms with van der Waals surface area (Å²) in [5, 5.41) is -4.63. The predicted molar refractivity (Wildman–Crippen MR) is 27.3 cm³/mol. The average Bonchev–Trinajstić information content (AvgIpc) is 1.93. The second kappa shape index (κ2) is 2.21. The Kier molecular flexibility index (Phi) is 1.81. The maximum absolute atomic E-state index is 12.0. The van der Waals surface area contributed by atoms with Gasteiger partial charge in [-0.2, -0.15) is 17.6 Å². The smallest absolute Gasteiger partial charge is 0.236 e. The summed E-state index contributed by atoms with van der Waals surface area (Å²) in [7, 11) is 0. The van der Waals surface area contributed by atoms with Crippen LogP contribution in [0.25, 0.3) is 0 Å². The van der Waals surface area contributed by atoms with Crippen molar-refractivity contribution in [3.8, 4) is 0 Å². The number of alkyl halides is 6. The number of halogens is 6. The maximum Gasteiger partial charge on any atom is 0.362 e. The molecule has 0 aromatic rings. The molecule has 2 atom stereocenters. The van der Waals surface area contributed by atoms with Crippen LogP contribution in [-0.2, 0) is 0 Å². The number of rotatable bonds is 0. The van der Waals surface area contributed by atoms with Gasteiger partial charge in [-0.05, 0) is 11.8 Å². The molecule has 1 aliphatic rings. The summed E-state index contributed by atoms with van der Waals surface area (Å²) in [6, 6.07) is 0. The molecule has 0 N–H and O–H groups in total. The van der Waals surface area contributed by atoms with Gasteiger partial charge in [0.25, 0.3) is 0 Å². The molecule has 0 aliphatic carbocycles. The van der Waals surface area contributed by atoms with Crippen LogP contribution in [0.4, 0.5) is 26.3 Å². The summed E-state index contributed by atoms with van der Waals surface area (Å²) in [5.74, 6) is -4.89. The Bertz CT molecular complexity index is 168. The maximum atomic E-state index is 12.0. The van der Waals surface area contributed by atoms with Crippen LogP contribution >= 0.6 is 11.8 Å². The molecule has 0 saturated carbocycles. The van der Waals surface area contributed by atoms with Crippen molar-refractivity contribution in [2.24, 2.45) is 0 Å². The Labute approximate surface area is 61.9 Å².